The molecule has 0 bridgehead atoms. The first-order valence-electron chi connectivity index (χ1n) is 7.92. The molecule has 2 nitrogen and oxygen atoms in total. The molecule has 116 valence electrons. The van der Waals surface area contributed by atoms with Gasteiger partial charge in [-0.25, -0.2) is 4.39 Å². The van der Waals surface area contributed by atoms with E-state index < -0.39 is 0 Å². The van der Waals surface area contributed by atoms with Gasteiger partial charge >= 0.3 is 0 Å². The van der Waals surface area contributed by atoms with Crippen LogP contribution >= 0.6 is 0 Å². The van der Waals surface area contributed by atoms with Gasteiger partial charge in [-0.15, -0.1) is 0 Å². The third-order valence-corrected chi connectivity index (χ3v) is 4.40. The minimum Gasteiger partial charge on any atom is -0.396 e. The van der Waals surface area contributed by atoms with Gasteiger partial charge in [0.2, 0.25) is 0 Å². The molecule has 0 aliphatic carbocycles. The first kappa shape index (κ1) is 15.2. The van der Waals surface area contributed by atoms with Crippen LogP contribution in [-0.4, -0.2) is 29.7 Å². The van der Waals surface area contributed by atoms with Crippen LogP contribution in [0.25, 0.3) is 11.1 Å². The van der Waals surface area contributed by atoms with E-state index in [1.807, 2.05) is 0 Å². The fraction of sp³-hybridized carbons (Fsp3) is 0.368. The van der Waals surface area contributed by atoms with Crippen LogP contribution in [0.4, 0.5) is 4.39 Å². The monoisotopic (exact) mass is 299 g/mol. The van der Waals surface area contributed by atoms with Crippen molar-refractivity contribution in [3.8, 4) is 11.1 Å². The molecule has 1 fully saturated rings. The van der Waals surface area contributed by atoms with Gasteiger partial charge in [-0.3, -0.25) is 4.90 Å². The van der Waals surface area contributed by atoms with Crippen molar-refractivity contribution in [2.24, 2.45) is 5.92 Å². The van der Waals surface area contributed by atoms with Gasteiger partial charge in [0.05, 0.1) is 0 Å². The molecule has 1 aliphatic rings. The molecule has 0 spiro atoms. The molecular formula is C19H22FNO. The molecule has 1 heterocycles. The van der Waals surface area contributed by atoms with Crippen molar-refractivity contribution in [3.63, 3.8) is 0 Å². The van der Waals surface area contributed by atoms with Crippen molar-refractivity contribution in [3.05, 3.63) is 59.9 Å². The number of hydrogen-bond acceptors (Lipinski definition) is 2. The van der Waals surface area contributed by atoms with Crippen molar-refractivity contribution < 1.29 is 9.50 Å². The van der Waals surface area contributed by atoms with Crippen LogP contribution in [0.3, 0.4) is 0 Å². The average Bonchev–Trinajstić information content (AvgIpc) is 2.57. The van der Waals surface area contributed by atoms with E-state index in [1.54, 1.807) is 12.1 Å². The van der Waals surface area contributed by atoms with E-state index in [1.165, 1.54) is 24.1 Å². The van der Waals surface area contributed by atoms with E-state index in [2.05, 4.69) is 29.2 Å². The first-order valence-corrected chi connectivity index (χ1v) is 7.92. The molecule has 0 radical (unpaired) electrons. The van der Waals surface area contributed by atoms with Crippen molar-refractivity contribution in [1.82, 2.24) is 4.90 Å². The molecule has 0 amide bonds. The summed E-state index contributed by atoms with van der Waals surface area (Å²) in [4.78, 5) is 2.41. The highest BCUT2D eigenvalue weighted by atomic mass is 19.1. The summed E-state index contributed by atoms with van der Waals surface area (Å²) in [6.07, 6.45) is 2.30. The lowest BCUT2D eigenvalue weighted by Crippen LogP contribution is -2.36. The van der Waals surface area contributed by atoms with Crippen LogP contribution in [0.1, 0.15) is 18.4 Å². The Labute approximate surface area is 131 Å². The van der Waals surface area contributed by atoms with Crippen LogP contribution in [0.5, 0.6) is 0 Å². The lowest BCUT2D eigenvalue weighted by molar-refractivity contribution is 0.116. The Balaban J connectivity index is 1.65. The molecular weight excluding hydrogens is 277 g/mol. The Morgan fingerprint density at radius 1 is 1.00 bits per heavy atom. The van der Waals surface area contributed by atoms with Gasteiger partial charge in [0.1, 0.15) is 5.82 Å². The van der Waals surface area contributed by atoms with Gasteiger partial charge in [0, 0.05) is 19.7 Å². The molecule has 1 aliphatic heterocycles. The maximum atomic E-state index is 13.0. The number of likely N-dealkylation sites (tertiary alicyclic amines) is 1. The minimum absolute atomic E-state index is 0.205. The Morgan fingerprint density at radius 3 is 2.27 bits per heavy atom. The quantitative estimate of drug-likeness (QED) is 0.930. The predicted octanol–water partition coefficient (Wildman–Crippen LogP) is 3.70. The zero-order chi connectivity index (χ0) is 15.4. The average molecular weight is 299 g/mol. The summed E-state index contributed by atoms with van der Waals surface area (Å²) in [6.45, 7) is 3.31. The van der Waals surface area contributed by atoms with Crippen molar-refractivity contribution in [2.45, 2.75) is 19.4 Å². The topological polar surface area (TPSA) is 23.5 Å². The molecule has 3 rings (SSSR count). The summed E-state index contributed by atoms with van der Waals surface area (Å²) in [5, 5.41) is 9.30. The minimum atomic E-state index is -0.205. The Kier molecular flexibility index (Phi) is 4.86. The third-order valence-electron chi connectivity index (χ3n) is 4.40. The Morgan fingerprint density at radius 2 is 1.64 bits per heavy atom. The molecule has 1 unspecified atom stereocenters. The lowest BCUT2D eigenvalue weighted by Gasteiger charge is -2.31. The summed E-state index contributed by atoms with van der Waals surface area (Å²) in [6, 6.07) is 15.1. The zero-order valence-electron chi connectivity index (χ0n) is 12.7. The van der Waals surface area contributed by atoms with Crippen LogP contribution in [-0.2, 0) is 6.54 Å². The molecule has 1 N–H and O–H groups in total. The normalized spacial score (nSPS) is 19.3. The van der Waals surface area contributed by atoms with Crippen LogP contribution < -0.4 is 0 Å². The van der Waals surface area contributed by atoms with Crippen LogP contribution in [0.2, 0.25) is 0 Å². The smallest absolute Gasteiger partial charge is 0.123 e. The summed E-state index contributed by atoms with van der Waals surface area (Å²) >= 11 is 0. The second-order valence-electron chi connectivity index (χ2n) is 6.13. The SMILES string of the molecule is OCC1CCCN(Cc2ccc(-c3ccc(F)cc3)cc2)C1. The number of aliphatic hydroxyl groups excluding tert-OH is 1. The predicted molar refractivity (Wildman–Crippen MR) is 86.9 cm³/mol. The van der Waals surface area contributed by atoms with Gasteiger partial charge in [-0.2, -0.15) is 0 Å². The van der Waals surface area contributed by atoms with E-state index in [9.17, 15) is 9.50 Å². The van der Waals surface area contributed by atoms with Crippen molar-refractivity contribution in [1.29, 1.82) is 0 Å². The second-order valence-corrected chi connectivity index (χ2v) is 6.13. The summed E-state index contributed by atoms with van der Waals surface area (Å²) in [7, 11) is 0. The van der Waals surface area contributed by atoms with E-state index in [0.717, 1.165) is 37.2 Å². The highest BCUT2D eigenvalue weighted by Gasteiger charge is 2.18. The van der Waals surface area contributed by atoms with E-state index in [4.69, 9.17) is 0 Å². The van der Waals surface area contributed by atoms with Gasteiger partial charge in [0.25, 0.3) is 0 Å². The van der Waals surface area contributed by atoms with Gasteiger partial charge in [-0.1, -0.05) is 36.4 Å². The number of piperidine rings is 1. The van der Waals surface area contributed by atoms with E-state index >= 15 is 0 Å². The lowest BCUT2D eigenvalue weighted by atomic mass is 9.98. The summed E-state index contributed by atoms with van der Waals surface area (Å²) in [5.74, 6) is 0.219. The molecule has 0 aromatic heterocycles. The molecule has 22 heavy (non-hydrogen) atoms. The Hall–Kier alpha value is -1.71. The fourth-order valence-corrected chi connectivity index (χ4v) is 3.15. The number of hydrogen-bond donors (Lipinski definition) is 1. The molecule has 1 saturated heterocycles. The van der Waals surface area contributed by atoms with Crippen molar-refractivity contribution >= 4 is 0 Å². The molecule has 2 aromatic carbocycles. The number of nitrogens with zero attached hydrogens (tertiary/aromatic N) is 1. The second kappa shape index (κ2) is 7.03. The Bertz CT molecular complexity index is 594. The third kappa shape index (κ3) is 3.73. The largest absolute Gasteiger partial charge is 0.396 e. The highest BCUT2D eigenvalue weighted by molar-refractivity contribution is 5.63. The first-order chi connectivity index (χ1) is 10.7. The van der Waals surface area contributed by atoms with E-state index in [0.29, 0.717) is 12.5 Å². The molecule has 2 aromatic rings. The highest BCUT2D eigenvalue weighted by Crippen LogP contribution is 2.22. The zero-order valence-corrected chi connectivity index (χ0v) is 12.7. The number of rotatable bonds is 4. The fourth-order valence-electron chi connectivity index (χ4n) is 3.15. The summed E-state index contributed by atoms with van der Waals surface area (Å²) in [5.41, 5.74) is 3.42. The number of halogens is 1. The van der Waals surface area contributed by atoms with Crippen LogP contribution in [0, 0.1) is 11.7 Å². The summed E-state index contributed by atoms with van der Waals surface area (Å²) < 4.78 is 13.0. The van der Waals surface area contributed by atoms with Gasteiger partial charge < -0.3 is 5.11 Å². The number of benzene rings is 2. The molecule has 3 heteroatoms. The standard InChI is InChI=1S/C19H22FNO/c20-19-9-7-18(8-10-19)17-5-3-15(4-6-17)12-21-11-1-2-16(13-21)14-22/h3-10,16,22H,1-2,11-14H2. The number of aliphatic hydroxyl groups is 1. The molecule has 1 atom stereocenters. The maximum Gasteiger partial charge on any atom is 0.123 e. The van der Waals surface area contributed by atoms with E-state index in [-0.39, 0.29) is 5.82 Å². The molecule has 0 saturated carbocycles. The van der Waals surface area contributed by atoms with Gasteiger partial charge in [-0.05, 0) is 54.1 Å². The maximum absolute atomic E-state index is 13.0. The van der Waals surface area contributed by atoms with Crippen molar-refractivity contribution in [2.75, 3.05) is 19.7 Å². The van der Waals surface area contributed by atoms with Gasteiger partial charge in [0.15, 0.2) is 0 Å². The van der Waals surface area contributed by atoms with Crippen LogP contribution in [0.15, 0.2) is 48.5 Å².